The van der Waals surface area contributed by atoms with E-state index in [1.807, 2.05) is 0 Å². The van der Waals surface area contributed by atoms with Crippen molar-refractivity contribution in [2.45, 2.75) is 26.0 Å². The van der Waals surface area contributed by atoms with Gasteiger partial charge in [-0.15, -0.1) is 0 Å². The van der Waals surface area contributed by atoms with E-state index in [-0.39, 0.29) is 40.1 Å². The van der Waals surface area contributed by atoms with Crippen LogP contribution in [0, 0.1) is 0 Å². The maximum absolute atomic E-state index is 11.1. The van der Waals surface area contributed by atoms with E-state index in [4.69, 9.17) is 5.11 Å². The summed E-state index contributed by atoms with van der Waals surface area (Å²) in [4.78, 5) is 21.2. The van der Waals surface area contributed by atoms with Crippen LogP contribution in [0.15, 0.2) is 0 Å². The smallest absolute Gasteiger partial charge is 0.341 e. The van der Waals surface area contributed by atoms with Crippen molar-refractivity contribution in [2.24, 2.45) is 0 Å². The van der Waals surface area contributed by atoms with Crippen LogP contribution >= 0.6 is 12.0 Å². The second-order valence-electron chi connectivity index (χ2n) is 2.70. The van der Waals surface area contributed by atoms with Crippen molar-refractivity contribution in [3.05, 3.63) is 0 Å². The molecule has 0 fully saturated rings. The fourth-order valence-electron chi connectivity index (χ4n) is 0.434. The Morgan fingerprint density at radius 3 is 2.31 bits per heavy atom. The molecule has 0 saturated carbocycles. The third-order valence-corrected chi connectivity index (χ3v) is 1.80. The first-order valence-corrected chi connectivity index (χ1v) is 4.17. The predicted octanol–water partition coefficient (Wildman–Crippen LogP) is -0.102. The van der Waals surface area contributed by atoms with Gasteiger partial charge >= 0.3 is 11.9 Å². The van der Waals surface area contributed by atoms with Crippen molar-refractivity contribution in [3.8, 4) is 0 Å². The Labute approximate surface area is 123 Å². The molecule has 0 amide bonds. The van der Waals surface area contributed by atoms with E-state index in [0.717, 1.165) is 0 Å². The Balaban J connectivity index is -0.000000845. The molecule has 0 saturated heterocycles. The van der Waals surface area contributed by atoms with E-state index in [1.165, 1.54) is 13.8 Å². The zero-order valence-corrected chi connectivity index (χ0v) is 11.7. The van der Waals surface area contributed by atoms with E-state index in [2.05, 4.69) is 14.1 Å². The van der Waals surface area contributed by atoms with Crippen LogP contribution in [-0.2, 0) is 56.4 Å². The molecule has 0 aromatic carbocycles. The molecule has 0 aliphatic carbocycles. The van der Waals surface area contributed by atoms with Crippen LogP contribution in [0.4, 0.5) is 0 Å². The number of hydrogen-bond acceptors (Lipinski definition) is 7. The Kier molecular flexibility index (Phi) is 14.0. The van der Waals surface area contributed by atoms with Gasteiger partial charge in [-0.2, -0.15) is 4.33 Å². The maximum atomic E-state index is 11.1. The summed E-state index contributed by atoms with van der Waals surface area (Å²) in [6.07, 6.45) is 0. The first-order chi connectivity index (χ1) is 6.40. The van der Waals surface area contributed by atoms with Crippen molar-refractivity contribution in [1.29, 1.82) is 0 Å². The van der Waals surface area contributed by atoms with Gasteiger partial charge in [-0.3, -0.25) is 9.83 Å². The zero-order chi connectivity index (χ0) is 11.2. The van der Waals surface area contributed by atoms with Gasteiger partial charge in [0.25, 0.3) is 0 Å². The van der Waals surface area contributed by atoms with Crippen LogP contribution in [-0.4, -0.2) is 28.4 Å². The van der Waals surface area contributed by atoms with Crippen molar-refractivity contribution < 1.29 is 66.8 Å². The summed E-state index contributed by atoms with van der Waals surface area (Å²) in [7, 11) is 0. The molecule has 0 aliphatic rings. The topological polar surface area (TPSA) is 105 Å². The molecule has 0 rings (SSSR count). The molecule has 7 nitrogen and oxygen atoms in total. The average Bonchev–Trinajstić information content (AvgIpc) is 2.10. The quantitative estimate of drug-likeness (QED) is 0.311. The molecule has 0 aromatic heterocycles. The number of rotatable bonds is 6. The van der Waals surface area contributed by atoms with Crippen LogP contribution in [0.5, 0.6) is 0 Å². The third-order valence-electron chi connectivity index (χ3n) is 1.09. The monoisotopic (exact) mass is 330 g/mol. The summed E-state index contributed by atoms with van der Waals surface area (Å²) in [5.74, 6) is -2.08. The van der Waals surface area contributed by atoms with Gasteiger partial charge in [-0.1, -0.05) is 7.43 Å². The zero-order valence-electron chi connectivity index (χ0n) is 8.09. The van der Waals surface area contributed by atoms with Gasteiger partial charge in [0.15, 0.2) is 6.61 Å². The first-order valence-electron chi connectivity index (χ1n) is 3.43. The van der Waals surface area contributed by atoms with Crippen molar-refractivity contribution in [2.75, 3.05) is 6.61 Å². The molecule has 0 spiro atoms. The van der Waals surface area contributed by atoms with Crippen LogP contribution in [0.25, 0.3) is 0 Å². The molecule has 0 aromatic rings. The second kappa shape index (κ2) is 10.4. The number of carbonyl (C=O) groups excluding carboxylic acids is 1. The van der Waals surface area contributed by atoms with E-state index in [9.17, 15) is 14.8 Å². The molecule has 0 aliphatic heterocycles. The molecule has 93 valence electrons. The molecule has 1 radical (unpaired) electrons. The Hall–Kier alpha value is 0.274. The average molecular weight is 330 g/mol. The minimum absolute atomic E-state index is 0. The summed E-state index contributed by atoms with van der Waals surface area (Å²) in [6.45, 7) is 2.04. The van der Waals surface area contributed by atoms with Crippen molar-refractivity contribution in [1.82, 2.24) is 0 Å². The minimum Gasteiger partial charge on any atom is -0.691 e. The first kappa shape index (κ1) is 21.5. The number of ether oxygens (including phenoxy) is 1. The van der Waals surface area contributed by atoms with Crippen LogP contribution < -0.4 is 5.26 Å². The van der Waals surface area contributed by atoms with Gasteiger partial charge in [0.05, 0.1) is 0 Å². The summed E-state index contributed by atoms with van der Waals surface area (Å²) in [5.41, 5.74) is 0. The number of carboxylic acid groups (broad SMARTS) is 1. The van der Waals surface area contributed by atoms with Gasteiger partial charge in [0.1, 0.15) is 4.75 Å². The van der Waals surface area contributed by atoms with Crippen molar-refractivity contribution in [3.63, 3.8) is 0 Å². The Morgan fingerprint density at radius 1 is 1.44 bits per heavy atom. The number of esters is 1. The second-order valence-corrected chi connectivity index (χ2v) is 4.02. The summed E-state index contributed by atoms with van der Waals surface area (Å²) >= 11 is 0.436. The van der Waals surface area contributed by atoms with Gasteiger partial charge in [-0.25, -0.2) is 4.79 Å². The fourth-order valence-corrected chi connectivity index (χ4v) is 0.759. The molecule has 0 heterocycles. The van der Waals surface area contributed by atoms with Crippen molar-refractivity contribution >= 4 is 24.0 Å². The molecule has 0 bridgehead atoms. The van der Waals surface area contributed by atoms with Gasteiger partial charge < -0.3 is 15.1 Å². The minimum atomic E-state index is -1.26. The largest absolute Gasteiger partial charge is 0.691 e. The number of carboxylic acids is 1. The molecular formula is C7H13O7SY-. The van der Waals surface area contributed by atoms with E-state index in [1.54, 1.807) is 0 Å². The van der Waals surface area contributed by atoms with Crippen LogP contribution in [0.2, 0.25) is 0 Å². The SMILES string of the molecule is C.CC(C)(SOO[O-])C(=O)OCC(=O)O.[Y]. The molecule has 0 unspecified atom stereocenters. The maximum Gasteiger partial charge on any atom is 0.341 e. The van der Waals surface area contributed by atoms with E-state index >= 15 is 0 Å². The fraction of sp³-hybridized carbons (Fsp3) is 0.714. The normalized spacial score (nSPS) is 9.69. The predicted molar refractivity (Wildman–Crippen MR) is 49.2 cm³/mol. The molecule has 9 heteroatoms. The Bertz CT molecular complexity index is 221. The van der Waals surface area contributed by atoms with Gasteiger partial charge in [0, 0.05) is 44.8 Å². The van der Waals surface area contributed by atoms with E-state index in [0.29, 0.717) is 12.0 Å². The van der Waals surface area contributed by atoms with Gasteiger partial charge in [0.2, 0.25) is 0 Å². The summed E-state index contributed by atoms with van der Waals surface area (Å²) < 4.78 is 7.10. The number of hydrogen-bond donors (Lipinski definition) is 1. The van der Waals surface area contributed by atoms with Gasteiger partial charge in [-0.05, 0) is 13.8 Å². The molecule has 1 N–H and O–H groups in total. The van der Waals surface area contributed by atoms with E-state index < -0.39 is 23.3 Å². The standard InChI is InChI=1S/C6H10O7S.CH4.Y/c1-6(2,14-13-12-10)5(9)11-3-4(7)8;;/h10H,3H2,1-2H3,(H,7,8);1H4;/p-1. The molecule has 0 atom stereocenters. The Morgan fingerprint density at radius 2 is 1.94 bits per heavy atom. The van der Waals surface area contributed by atoms with Crippen LogP contribution in [0.1, 0.15) is 21.3 Å². The number of aliphatic carboxylic acids is 1. The summed E-state index contributed by atoms with van der Waals surface area (Å²) in [6, 6.07) is 0. The van der Waals surface area contributed by atoms with Crippen LogP contribution in [0.3, 0.4) is 0 Å². The molecule has 16 heavy (non-hydrogen) atoms. The summed E-state index contributed by atoms with van der Waals surface area (Å²) in [5, 5.41) is 20.7. The molecular weight excluding hydrogens is 317 g/mol. The third kappa shape index (κ3) is 9.50. The number of carbonyl (C=O) groups is 2.